The molecule has 0 bridgehead atoms. The van der Waals surface area contributed by atoms with Crippen LogP contribution in [0, 0.1) is 0 Å². The maximum atomic E-state index is 12.9. The second-order valence-electron chi connectivity index (χ2n) is 5.16. The lowest BCUT2D eigenvalue weighted by Crippen LogP contribution is -2.23. The number of aromatic nitrogens is 4. The highest BCUT2D eigenvalue weighted by atomic mass is 32.2. The molecule has 0 amide bonds. The van der Waals surface area contributed by atoms with Crippen LogP contribution in [0.3, 0.4) is 0 Å². The first-order chi connectivity index (χ1) is 11.7. The first-order valence-electron chi connectivity index (χ1n) is 7.25. The van der Waals surface area contributed by atoms with Gasteiger partial charge in [0.05, 0.1) is 19.2 Å². The molecule has 3 aromatic heterocycles. The van der Waals surface area contributed by atoms with E-state index in [1.54, 1.807) is 11.7 Å². The standard InChI is InChI=1S/C16H14N4O2S2/c1-22-12-6-4-3-5-10(12)9-19-14(21)13-11(7-8-24-13)20-15(19)17-18-16(20)23-2/h3-8H,9H2,1-2H3. The smallest absolute Gasteiger partial charge is 0.273 e. The van der Waals surface area contributed by atoms with Crippen LogP contribution in [-0.2, 0) is 6.54 Å². The fraction of sp³-hybridized carbons (Fsp3) is 0.188. The predicted molar refractivity (Wildman–Crippen MR) is 96.5 cm³/mol. The Kier molecular flexibility index (Phi) is 3.78. The summed E-state index contributed by atoms with van der Waals surface area (Å²) in [5, 5.41) is 11.2. The van der Waals surface area contributed by atoms with Crippen LogP contribution in [0.1, 0.15) is 5.56 Å². The first kappa shape index (κ1) is 15.2. The van der Waals surface area contributed by atoms with Gasteiger partial charge in [0.1, 0.15) is 10.4 Å². The van der Waals surface area contributed by atoms with Gasteiger partial charge in [0, 0.05) is 5.56 Å². The Morgan fingerprint density at radius 3 is 2.88 bits per heavy atom. The Labute approximate surface area is 145 Å². The van der Waals surface area contributed by atoms with E-state index < -0.39 is 0 Å². The molecule has 0 fully saturated rings. The van der Waals surface area contributed by atoms with Gasteiger partial charge in [-0.1, -0.05) is 30.0 Å². The fourth-order valence-corrected chi connectivity index (χ4v) is 4.09. The van der Waals surface area contributed by atoms with Crippen molar-refractivity contribution >= 4 is 39.1 Å². The van der Waals surface area contributed by atoms with Gasteiger partial charge in [-0.05, 0) is 23.8 Å². The van der Waals surface area contributed by atoms with Crippen molar-refractivity contribution in [1.82, 2.24) is 19.2 Å². The summed E-state index contributed by atoms with van der Waals surface area (Å²) in [7, 11) is 1.63. The molecule has 8 heteroatoms. The number of hydrogen-bond acceptors (Lipinski definition) is 6. The molecular weight excluding hydrogens is 344 g/mol. The number of thioether (sulfide) groups is 1. The van der Waals surface area contributed by atoms with Gasteiger partial charge in [0.25, 0.3) is 5.56 Å². The molecule has 1 aromatic carbocycles. The van der Waals surface area contributed by atoms with E-state index in [2.05, 4.69) is 10.2 Å². The molecular formula is C16H14N4O2S2. The van der Waals surface area contributed by atoms with Crippen molar-refractivity contribution in [2.24, 2.45) is 0 Å². The minimum absolute atomic E-state index is 0.0570. The Hall–Kier alpha value is -2.32. The molecule has 0 saturated heterocycles. The molecule has 0 saturated carbocycles. The third-order valence-corrected chi connectivity index (χ3v) is 5.41. The zero-order chi connectivity index (χ0) is 16.7. The van der Waals surface area contributed by atoms with E-state index in [1.807, 2.05) is 46.4 Å². The lowest BCUT2D eigenvalue weighted by Gasteiger charge is -2.11. The van der Waals surface area contributed by atoms with E-state index in [0.717, 1.165) is 22.0 Å². The molecule has 0 aliphatic carbocycles. The second-order valence-corrected chi connectivity index (χ2v) is 6.85. The number of ether oxygens (including phenoxy) is 1. The van der Waals surface area contributed by atoms with Crippen LogP contribution in [0.4, 0.5) is 0 Å². The van der Waals surface area contributed by atoms with Crippen molar-refractivity contribution in [2.75, 3.05) is 13.4 Å². The number of methoxy groups -OCH3 is 1. The van der Waals surface area contributed by atoms with Gasteiger partial charge in [0.15, 0.2) is 5.16 Å². The largest absolute Gasteiger partial charge is 0.496 e. The predicted octanol–water partition coefficient (Wildman–Crippen LogP) is 2.88. The number of rotatable bonds is 4. The van der Waals surface area contributed by atoms with Crippen LogP contribution in [0.25, 0.3) is 16.0 Å². The van der Waals surface area contributed by atoms with Crippen LogP contribution < -0.4 is 10.3 Å². The third kappa shape index (κ3) is 2.22. The second kappa shape index (κ2) is 5.95. The molecule has 3 heterocycles. The van der Waals surface area contributed by atoms with Gasteiger partial charge in [-0.25, -0.2) is 0 Å². The van der Waals surface area contributed by atoms with Gasteiger partial charge < -0.3 is 4.74 Å². The van der Waals surface area contributed by atoms with Crippen molar-refractivity contribution in [1.29, 1.82) is 0 Å². The molecule has 4 rings (SSSR count). The summed E-state index contributed by atoms with van der Waals surface area (Å²) in [6.07, 6.45) is 1.95. The molecule has 0 unspecified atom stereocenters. The zero-order valence-electron chi connectivity index (χ0n) is 13.1. The third-order valence-electron chi connectivity index (χ3n) is 3.89. The van der Waals surface area contributed by atoms with Gasteiger partial charge in [-0.3, -0.25) is 13.8 Å². The Morgan fingerprint density at radius 2 is 2.08 bits per heavy atom. The van der Waals surface area contributed by atoms with Crippen LogP contribution in [0.5, 0.6) is 5.75 Å². The van der Waals surface area contributed by atoms with Crippen molar-refractivity contribution in [2.45, 2.75) is 11.7 Å². The molecule has 0 radical (unpaired) electrons. The van der Waals surface area contributed by atoms with Crippen LogP contribution in [0.2, 0.25) is 0 Å². The highest BCUT2D eigenvalue weighted by Crippen LogP contribution is 2.24. The van der Waals surface area contributed by atoms with Crippen molar-refractivity contribution in [3.8, 4) is 5.75 Å². The monoisotopic (exact) mass is 358 g/mol. The normalized spacial score (nSPS) is 11.4. The number of thiophene rings is 1. The molecule has 122 valence electrons. The van der Waals surface area contributed by atoms with E-state index in [-0.39, 0.29) is 5.56 Å². The summed E-state index contributed by atoms with van der Waals surface area (Å²) >= 11 is 2.94. The van der Waals surface area contributed by atoms with E-state index in [9.17, 15) is 4.79 Å². The molecule has 0 aliphatic heterocycles. The molecule has 24 heavy (non-hydrogen) atoms. The van der Waals surface area contributed by atoms with Crippen molar-refractivity contribution in [3.05, 3.63) is 51.6 Å². The van der Waals surface area contributed by atoms with Gasteiger partial charge >= 0.3 is 0 Å². The molecule has 6 nitrogen and oxygen atoms in total. The number of nitrogens with zero attached hydrogens (tertiary/aromatic N) is 4. The van der Waals surface area contributed by atoms with E-state index in [1.165, 1.54) is 23.1 Å². The van der Waals surface area contributed by atoms with Crippen LogP contribution >= 0.6 is 23.1 Å². The SMILES string of the molecule is COc1ccccc1Cn1c(=O)c2sccc2n2c(SC)nnc12. The highest BCUT2D eigenvalue weighted by molar-refractivity contribution is 7.98. The molecule has 0 spiro atoms. The molecule has 4 aromatic rings. The average molecular weight is 358 g/mol. The minimum Gasteiger partial charge on any atom is -0.496 e. The van der Waals surface area contributed by atoms with Crippen molar-refractivity contribution < 1.29 is 4.74 Å². The summed E-state index contributed by atoms with van der Waals surface area (Å²) < 4.78 is 9.70. The lowest BCUT2D eigenvalue weighted by molar-refractivity contribution is 0.408. The van der Waals surface area contributed by atoms with Crippen molar-refractivity contribution in [3.63, 3.8) is 0 Å². The highest BCUT2D eigenvalue weighted by Gasteiger charge is 2.18. The number of benzene rings is 1. The quantitative estimate of drug-likeness (QED) is 0.525. The summed E-state index contributed by atoms with van der Waals surface area (Å²) in [5.74, 6) is 1.29. The number of para-hydroxylation sites is 1. The minimum atomic E-state index is -0.0570. The zero-order valence-corrected chi connectivity index (χ0v) is 14.7. The Bertz CT molecular complexity index is 1100. The lowest BCUT2D eigenvalue weighted by atomic mass is 10.2. The van der Waals surface area contributed by atoms with Crippen LogP contribution in [-0.4, -0.2) is 32.5 Å². The average Bonchev–Trinajstić information content (AvgIpc) is 3.25. The maximum absolute atomic E-state index is 12.9. The molecule has 0 aliphatic rings. The van der Waals surface area contributed by atoms with E-state index in [4.69, 9.17) is 4.74 Å². The van der Waals surface area contributed by atoms with Crippen LogP contribution in [0.15, 0.2) is 45.7 Å². The summed E-state index contributed by atoms with van der Waals surface area (Å²) in [5.41, 5.74) is 1.72. The van der Waals surface area contributed by atoms with E-state index >= 15 is 0 Å². The van der Waals surface area contributed by atoms with Gasteiger partial charge in [-0.15, -0.1) is 21.5 Å². The summed E-state index contributed by atoms with van der Waals surface area (Å²) in [6.45, 7) is 0.382. The topological polar surface area (TPSA) is 61.4 Å². The molecule has 0 atom stereocenters. The first-order valence-corrected chi connectivity index (χ1v) is 9.36. The summed E-state index contributed by atoms with van der Waals surface area (Å²) in [4.78, 5) is 12.9. The summed E-state index contributed by atoms with van der Waals surface area (Å²) in [6, 6.07) is 9.61. The van der Waals surface area contributed by atoms with Gasteiger partial charge in [0.2, 0.25) is 5.78 Å². The van der Waals surface area contributed by atoms with E-state index in [0.29, 0.717) is 17.0 Å². The number of hydrogen-bond donors (Lipinski definition) is 0. The Balaban J connectivity index is 2.02. The fourth-order valence-electron chi connectivity index (χ4n) is 2.78. The maximum Gasteiger partial charge on any atom is 0.273 e. The molecule has 0 N–H and O–H groups in total. The Morgan fingerprint density at radius 1 is 1.25 bits per heavy atom. The van der Waals surface area contributed by atoms with Gasteiger partial charge in [-0.2, -0.15) is 0 Å². The number of fused-ring (bicyclic) bond motifs is 3.